The Labute approximate surface area is 420 Å². The highest BCUT2D eigenvalue weighted by atomic mass is 16.6. The molecule has 0 heterocycles. The summed E-state index contributed by atoms with van der Waals surface area (Å²) in [6.07, 6.45) is 80.9. The van der Waals surface area contributed by atoms with E-state index < -0.39 is 6.10 Å². The van der Waals surface area contributed by atoms with Gasteiger partial charge in [0.2, 0.25) is 0 Å². The van der Waals surface area contributed by atoms with Crippen LogP contribution in [0.4, 0.5) is 0 Å². The Kier molecular flexibility index (Phi) is 54.5. The van der Waals surface area contributed by atoms with Gasteiger partial charge in [-0.25, -0.2) is 0 Å². The highest BCUT2D eigenvalue weighted by molar-refractivity contribution is 5.70. The monoisotopic (exact) mass is 941 g/mol. The molecule has 0 aliphatic heterocycles. The molecule has 0 bridgehead atoms. The van der Waals surface area contributed by atoms with Crippen LogP contribution >= 0.6 is 0 Å². The third-order valence-corrected chi connectivity index (χ3v) is 11.5. The molecule has 5 heteroatoms. The summed E-state index contributed by atoms with van der Waals surface area (Å²) in [6, 6.07) is 0. The molecule has 68 heavy (non-hydrogen) atoms. The summed E-state index contributed by atoms with van der Waals surface area (Å²) in [4.78, 5) is 25.5. The number of rotatable bonds is 50. The lowest BCUT2D eigenvalue weighted by molar-refractivity contribution is -0.162. The van der Waals surface area contributed by atoms with E-state index >= 15 is 0 Å². The lowest BCUT2D eigenvalue weighted by Crippen LogP contribution is -2.30. The van der Waals surface area contributed by atoms with E-state index in [0.29, 0.717) is 25.9 Å². The first-order chi connectivity index (χ1) is 33.6. The molecular weight excluding hydrogens is 837 g/mol. The molecule has 5 nitrogen and oxygen atoms in total. The number of esters is 2. The van der Waals surface area contributed by atoms with Crippen molar-refractivity contribution in [2.45, 2.75) is 245 Å². The highest BCUT2D eigenvalue weighted by Crippen LogP contribution is 2.15. The first-order valence-corrected chi connectivity index (χ1v) is 28.1. The van der Waals surface area contributed by atoms with Gasteiger partial charge in [0, 0.05) is 19.4 Å². The smallest absolute Gasteiger partial charge is 0.306 e. The van der Waals surface area contributed by atoms with Crippen LogP contribution in [-0.4, -0.2) is 37.9 Å². The highest BCUT2D eigenvalue weighted by Gasteiger charge is 2.17. The second kappa shape index (κ2) is 57.6. The molecule has 0 aliphatic carbocycles. The first kappa shape index (κ1) is 64.3. The molecule has 0 amide bonds. The van der Waals surface area contributed by atoms with Crippen LogP contribution in [-0.2, 0) is 23.8 Å². The Morgan fingerprint density at radius 3 is 1.00 bits per heavy atom. The summed E-state index contributed by atoms with van der Waals surface area (Å²) in [7, 11) is 0. The molecule has 0 rings (SSSR count). The van der Waals surface area contributed by atoms with Crippen LogP contribution in [0.3, 0.4) is 0 Å². The summed E-state index contributed by atoms with van der Waals surface area (Å²) >= 11 is 0. The van der Waals surface area contributed by atoms with Gasteiger partial charge in [0.25, 0.3) is 0 Å². The van der Waals surface area contributed by atoms with Gasteiger partial charge in [0.05, 0.1) is 6.61 Å². The average molecular weight is 942 g/mol. The van der Waals surface area contributed by atoms with E-state index in [4.69, 9.17) is 14.2 Å². The van der Waals surface area contributed by atoms with E-state index in [1.54, 1.807) is 0 Å². The number of unbranched alkanes of at least 4 members (excludes halogenated alkanes) is 19. The molecule has 0 N–H and O–H groups in total. The lowest BCUT2D eigenvalue weighted by atomic mass is 10.0. The Bertz CT molecular complexity index is 1390. The molecule has 0 aliphatic rings. The number of carbonyl (C=O) groups is 2. The van der Waals surface area contributed by atoms with Crippen molar-refractivity contribution in [1.82, 2.24) is 0 Å². The van der Waals surface area contributed by atoms with Gasteiger partial charge in [-0.1, -0.05) is 251 Å². The van der Waals surface area contributed by atoms with Crippen LogP contribution in [0.15, 0.2) is 122 Å². The van der Waals surface area contributed by atoms with Crippen LogP contribution in [0.25, 0.3) is 0 Å². The summed E-state index contributed by atoms with van der Waals surface area (Å²) in [5, 5.41) is 0. The van der Waals surface area contributed by atoms with Crippen LogP contribution in [0, 0.1) is 0 Å². The first-order valence-electron chi connectivity index (χ1n) is 28.1. The van der Waals surface area contributed by atoms with Crippen molar-refractivity contribution < 1.29 is 23.8 Å². The topological polar surface area (TPSA) is 61.8 Å². The van der Waals surface area contributed by atoms with Gasteiger partial charge in [-0.2, -0.15) is 0 Å². The van der Waals surface area contributed by atoms with E-state index in [-0.39, 0.29) is 25.2 Å². The van der Waals surface area contributed by atoms with Crippen LogP contribution in [0.1, 0.15) is 239 Å². The minimum absolute atomic E-state index is 0.0279. The maximum atomic E-state index is 12.8. The third-order valence-electron chi connectivity index (χ3n) is 11.5. The zero-order valence-electron chi connectivity index (χ0n) is 44.3. The van der Waals surface area contributed by atoms with Crippen LogP contribution in [0.2, 0.25) is 0 Å². The lowest BCUT2D eigenvalue weighted by Gasteiger charge is -2.18. The molecular formula is C63H104O5. The molecule has 0 saturated heterocycles. The van der Waals surface area contributed by atoms with E-state index in [9.17, 15) is 9.59 Å². The largest absolute Gasteiger partial charge is 0.462 e. The maximum Gasteiger partial charge on any atom is 0.306 e. The standard InChI is InChI=1S/C63H104O5/c1-4-7-10-13-16-19-22-25-28-31-34-37-40-43-46-49-52-55-58-66-59-61(68-63(65)57-54-51-48-45-42-39-36-33-30-27-24-21-18-15-12-9-6-3)60-67-62(64)56-53-50-47-44-41-38-35-32-29-26-23-20-17-14-11-8-5-2/h8-9,11-12,17-18,20-21,26-27,29-30,35-36,38-39,44-45,47-48,61H,4-7,10,13-16,19,22-25,28,31-34,37,40-43,46,49-60H2,1-3H3/b11-8-,12-9-,20-17-,21-18-,29-26-,30-27-,38-35-,39-36-,47-44-,48-45-. The van der Waals surface area contributed by atoms with Crippen molar-refractivity contribution >= 4 is 11.9 Å². The van der Waals surface area contributed by atoms with Crippen molar-refractivity contribution in [2.24, 2.45) is 0 Å². The van der Waals surface area contributed by atoms with Gasteiger partial charge in [-0.15, -0.1) is 0 Å². The minimum Gasteiger partial charge on any atom is -0.462 e. The van der Waals surface area contributed by atoms with E-state index in [0.717, 1.165) is 96.3 Å². The van der Waals surface area contributed by atoms with Gasteiger partial charge >= 0.3 is 11.9 Å². The average Bonchev–Trinajstić information content (AvgIpc) is 3.34. The molecule has 0 aromatic carbocycles. The summed E-state index contributed by atoms with van der Waals surface area (Å²) in [5.74, 6) is -0.533. The number of hydrogen-bond acceptors (Lipinski definition) is 5. The predicted molar refractivity (Wildman–Crippen MR) is 297 cm³/mol. The molecule has 0 aromatic rings. The van der Waals surface area contributed by atoms with Gasteiger partial charge in [0.1, 0.15) is 6.61 Å². The molecule has 386 valence electrons. The molecule has 0 radical (unpaired) electrons. The van der Waals surface area contributed by atoms with Crippen molar-refractivity contribution in [1.29, 1.82) is 0 Å². The van der Waals surface area contributed by atoms with E-state index in [2.05, 4.69) is 142 Å². The fourth-order valence-corrected chi connectivity index (χ4v) is 7.41. The fourth-order valence-electron chi connectivity index (χ4n) is 7.41. The van der Waals surface area contributed by atoms with E-state index in [1.165, 1.54) is 103 Å². The van der Waals surface area contributed by atoms with Crippen molar-refractivity contribution in [3.63, 3.8) is 0 Å². The quantitative estimate of drug-likeness (QED) is 0.0345. The fraction of sp³-hybridized carbons (Fsp3) is 0.651. The third kappa shape index (κ3) is 54.9. The van der Waals surface area contributed by atoms with Crippen molar-refractivity contribution in [2.75, 3.05) is 19.8 Å². The summed E-state index contributed by atoms with van der Waals surface area (Å²) in [5.41, 5.74) is 0. The van der Waals surface area contributed by atoms with E-state index in [1.807, 2.05) is 0 Å². The maximum absolute atomic E-state index is 12.8. The molecule has 1 atom stereocenters. The van der Waals surface area contributed by atoms with Crippen molar-refractivity contribution in [3.05, 3.63) is 122 Å². The Hall–Kier alpha value is -3.70. The molecule has 0 spiro atoms. The van der Waals surface area contributed by atoms with Gasteiger partial charge in [-0.3, -0.25) is 9.59 Å². The van der Waals surface area contributed by atoms with Gasteiger partial charge in [0.15, 0.2) is 6.10 Å². The number of carbonyl (C=O) groups excluding carboxylic acids is 2. The zero-order chi connectivity index (χ0) is 49.2. The van der Waals surface area contributed by atoms with Crippen LogP contribution in [0.5, 0.6) is 0 Å². The van der Waals surface area contributed by atoms with Gasteiger partial charge in [-0.05, 0) is 96.3 Å². The Morgan fingerprint density at radius 2 is 0.647 bits per heavy atom. The summed E-state index contributed by atoms with van der Waals surface area (Å²) in [6.45, 7) is 7.49. The molecule has 1 unspecified atom stereocenters. The molecule has 0 fully saturated rings. The van der Waals surface area contributed by atoms with Crippen LogP contribution < -0.4 is 0 Å². The normalized spacial score (nSPS) is 13.2. The zero-order valence-corrected chi connectivity index (χ0v) is 44.3. The number of hydrogen-bond donors (Lipinski definition) is 0. The Morgan fingerprint density at radius 1 is 0.338 bits per heavy atom. The summed E-state index contributed by atoms with van der Waals surface area (Å²) < 4.78 is 17.4. The minimum atomic E-state index is -0.596. The SMILES string of the molecule is CC/C=C\C/C=C\C/C=C\C/C=C\C/C=C\CCCC(=O)OCC(COCCCCCCCCCCCCCCCCCCCC)OC(=O)CCC/C=C\C/C=C\C/C=C\C/C=C\C/C=C\CC. The Balaban J connectivity index is 4.45. The second-order valence-electron chi connectivity index (χ2n) is 18.1. The second-order valence-corrected chi connectivity index (χ2v) is 18.1. The number of ether oxygens (including phenoxy) is 3. The number of allylic oxidation sites excluding steroid dienone is 20. The molecule has 0 aromatic heterocycles. The molecule has 0 saturated carbocycles. The predicted octanol–water partition coefficient (Wildman–Crippen LogP) is 19.3. The van der Waals surface area contributed by atoms with Gasteiger partial charge < -0.3 is 14.2 Å². The van der Waals surface area contributed by atoms with Crippen molar-refractivity contribution in [3.8, 4) is 0 Å².